The molecule has 0 radical (unpaired) electrons. The first-order chi connectivity index (χ1) is 21.5. The number of rotatable bonds is 9. The van der Waals surface area contributed by atoms with E-state index in [1.165, 1.54) is 6.42 Å². The fraction of sp³-hybridized carbons (Fsp3) is 0.314. The molecule has 0 saturated carbocycles. The minimum absolute atomic E-state index is 0.0537. The van der Waals surface area contributed by atoms with E-state index in [-0.39, 0.29) is 11.5 Å². The number of H-pyrrole nitrogens is 1. The lowest BCUT2D eigenvalue weighted by Gasteiger charge is -2.26. The smallest absolute Gasteiger partial charge is 0.257 e. The summed E-state index contributed by atoms with van der Waals surface area (Å²) < 4.78 is 1.80. The molecule has 9 heteroatoms. The number of hydrogen-bond acceptors (Lipinski definition) is 6. The number of aromatic nitrogens is 6. The van der Waals surface area contributed by atoms with Crippen LogP contribution in [0.1, 0.15) is 71.2 Å². The quantitative estimate of drug-likeness (QED) is 0.240. The van der Waals surface area contributed by atoms with Gasteiger partial charge in [0.25, 0.3) is 11.5 Å². The highest BCUT2D eigenvalue weighted by Crippen LogP contribution is 2.31. The van der Waals surface area contributed by atoms with Crippen molar-refractivity contribution in [2.75, 3.05) is 13.1 Å². The number of carbonyl (C=O) groups excluding carboxylic acids is 1. The summed E-state index contributed by atoms with van der Waals surface area (Å²) in [7, 11) is 0. The second-order valence-corrected chi connectivity index (χ2v) is 11.4. The number of likely N-dealkylation sites (tertiary alicyclic amines) is 1. The first-order valence-electron chi connectivity index (χ1n) is 15.4. The summed E-state index contributed by atoms with van der Waals surface area (Å²) in [5, 5.41) is 14.8. The largest absolute Gasteiger partial charge is 0.339 e. The van der Waals surface area contributed by atoms with E-state index < -0.39 is 0 Å². The minimum atomic E-state index is -0.0537. The molecule has 5 aromatic rings. The Labute approximate surface area is 257 Å². The molecule has 0 atom stereocenters. The Morgan fingerprint density at radius 1 is 0.909 bits per heavy atom. The second kappa shape index (κ2) is 13.2. The molecule has 9 nitrogen and oxygen atoms in total. The summed E-state index contributed by atoms with van der Waals surface area (Å²) in [4.78, 5) is 34.2. The highest BCUT2D eigenvalue weighted by atomic mass is 16.2. The van der Waals surface area contributed by atoms with Crippen molar-refractivity contribution in [2.45, 2.75) is 58.9 Å². The van der Waals surface area contributed by atoms with E-state index in [4.69, 9.17) is 4.98 Å². The number of piperidine rings is 1. The number of benzene rings is 3. The van der Waals surface area contributed by atoms with Crippen molar-refractivity contribution in [3.05, 3.63) is 117 Å². The summed E-state index contributed by atoms with van der Waals surface area (Å²) in [5.41, 5.74) is 6.73. The summed E-state index contributed by atoms with van der Waals surface area (Å²) in [6.07, 6.45) is 5.23. The molecule has 0 bridgehead atoms. The van der Waals surface area contributed by atoms with Gasteiger partial charge in [-0.15, -0.1) is 10.2 Å². The van der Waals surface area contributed by atoms with Gasteiger partial charge in [-0.25, -0.2) is 4.98 Å². The highest BCUT2D eigenvalue weighted by molar-refractivity contribution is 5.94. The van der Waals surface area contributed by atoms with Crippen molar-refractivity contribution in [1.29, 1.82) is 0 Å². The van der Waals surface area contributed by atoms with Crippen LogP contribution >= 0.6 is 0 Å². The van der Waals surface area contributed by atoms with Gasteiger partial charge in [-0.05, 0) is 78.3 Å². The first-order valence-corrected chi connectivity index (χ1v) is 15.4. The van der Waals surface area contributed by atoms with Gasteiger partial charge in [0.15, 0.2) is 0 Å². The number of aryl methyl sites for hydroxylation is 2. The molecule has 1 aliphatic heterocycles. The van der Waals surface area contributed by atoms with E-state index >= 15 is 0 Å². The maximum Gasteiger partial charge on any atom is 0.257 e. The van der Waals surface area contributed by atoms with Crippen molar-refractivity contribution in [2.24, 2.45) is 0 Å². The molecule has 44 heavy (non-hydrogen) atoms. The predicted octanol–water partition coefficient (Wildman–Crippen LogP) is 5.62. The van der Waals surface area contributed by atoms with Crippen LogP contribution in [0.25, 0.3) is 22.5 Å². The van der Waals surface area contributed by atoms with E-state index in [1.54, 1.807) is 4.57 Å². The van der Waals surface area contributed by atoms with Gasteiger partial charge in [0.05, 0.1) is 6.54 Å². The molecule has 0 unspecified atom stereocenters. The van der Waals surface area contributed by atoms with Crippen molar-refractivity contribution in [1.82, 2.24) is 35.1 Å². The van der Waals surface area contributed by atoms with Gasteiger partial charge in [0.2, 0.25) is 5.82 Å². The van der Waals surface area contributed by atoms with Crippen molar-refractivity contribution >= 4 is 5.91 Å². The molecule has 0 spiro atoms. The monoisotopic (exact) mass is 587 g/mol. The lowest BCUT2D eigenvalue weighted by molar-refractivity contribution is 0.0724. The number of carbonyl (C=O) groups is 1. The molecule has 0 aliphatic carbocycles. The van der Waals surface area contributed by atoms with Gasteiger partial charge in [0.1, 0.15) is 5.82 Å². The van der Waals surface area contributed by atoms with Gasteiger partial charge < -0.3 is 4.90 Å². The van der Waals surface area contributed by atoms with Crippen molar-refractivity contribution in [3.63, 3.8) is 0 Å². The molecular weight excluding hydrogens is 550 g/mol. The lowest BCUT2D eigenvalue weighted by Crippen LogP contribution is -2.35. The zero-order valence-electron chi connectivity index (χ0n) is 25.3. The molecule has 1 fully saturated rings. The third-order valence-electron chi connectivity index (χ3n) is 8.32. The zero-order chi connectivity index (χ0) is 30.5. The number of nitrogens with one attached hydrogen (secondary N) is 1. The van der Waals surface area contributed by atoms with Gasteiger partial charge in [-0.3, -0.25) is 14.2 Å². The standard InChI is InChI=1S/C35H37N7O2/c1-3-11-32-36-24(2)30(21-25-12-10-15-28(20-25)34(43)41-18-8-5-9-19-41)35(44)42(32)23-26-16-17-29(27-13-6-4-7-14-27)31(22-26)33-37-39-40-38-33/h4,6-7,10,12-17,20,22H,3,5,8-9,11,18-19,21,23H2,1-2H3,(H,37,38,39,40). The second-order valence-electron chi connectivity index (χ2n) is 11.4. The lowest BCUT2D eigenvalue weighted by atomic mass is 9.97. The van der Waals surface area contributed by atoms with E-state index in [0.717, 1.165) is 71.7 Å². The Bertz CT molecular complexity index is 1810. The number of tetrazole rings is 1. The molecule has 224 valence electrons. The Hall–Kier alpha value is -4.92. The molecule has 1 saturated heterocycles. The topological polar surface area (TPSA) is 110 Å². The fourth-order valence-corrected chi connectivity index (χ4v) is 6.04. The van der Waals surface area contributed by atoms with Crippen LogP contribution in [0.5, 0.6) is 0 Å². The summed E-state index contributed by atoms with van der Waals surface area (Å²) in [6.45, 7) is 5.97. The number of amides is 1. The number of aromatic amines is 1. The number of nitrogens with zero attached hydrogens (tertiary/aromatic N) is 6. The highest BCUT2D eigenvalue weighted by Gasteiger charge is 2.20. The molecule has 2 aromatic heterocycles. The van der Waals surface area contributed by atoms with Crippen LogP contribution in [0.3, 0.4) is 0 Å². The maximum absolute atomic E-state index is 14.2. The van der Waals surface area contributed by atoms with Gasteiger partial charge in [-0.1, -0.05) is 61.5 Å². The van der Waals surface area contributed by atoms with E-state index in [1.807, 2.05) is 84.6 Å². The molecule has 3 aromatic carbocycles. The molecular formula is C35H37N7O2. The Balaban J connectivity index is 1.34. The van der Waals surface area contributed by atoms with E-state index in [2.05, 4.69) is 27.5 Å². The first kappa shape index (κ1) is 29.2. The molecule has 1 aliphatic rings. The molecule has 1 amide bonds. The molecule has 1 N–H and O–H groups in total. The Morgan fingerprint density at radius 2 is 1.73 bits per heavy atom. The van der Waals surface area contributed by atoms with Crippen LogP contribution in [0.2, 0.25) is 0 Å². The van der Waals surface area contributed by atoms with Crippen LogP contribution in [-0.2, 0) is 19.4 Å². The number of hydrogen-bond donors (Lipinski definition) is 1. The van der Waals surface area contributed by atoms with Crippen LogP contribution < -0.4 is 5.56 Å². The van der Waals surface area contributed by atoms with Crippen molar-refractivity contribution < 1.29 is 4.79 Å². The summed E-state index contributed by atoms with van der Waals surface area (Å²) in [5.74, 6) is 1.32. The molecule has 3 heterocycles. The van der Waals surface area contributed by atoms with Crippen LogP contribution in [-0.4, -0.2) is 54.1 Å². The van der Waals surface area contributed by atoms with Gasteiger partial charge >= 0.3 is 0 Å². The normalized spacial score (nSPS) is 13.3. The summed E-state index contributed by atoms with van der Waals surface area (Å²) >= 11 is 0. The minimum Gasteiger partial charge on any atom is -0.339 e. The average Bonchev–Trinajstić information content (AvgIpc) is 3.61. The van der Waals surface area contributed by atoms with Gasteiger partial charge in [-0.2, -0.15) is 5.21 Å². The zero-order valence-corrected chi connectivity index (χ0v) is 25.3. The van der Waals surface area contributed by atoms with Crippen LogP contribution in [0, 0.1) is 6.92 Å². The SMILES string of the molecule is CCCc1nc(C)c(Cc2cccc(C(=O)N3CCCCC3)c2)c(=O)n1Cc1ccc(-c2ccccc2)c(-c2nn[nH]n2)c1. The van der Waals surface area contributed by atoms with E-state index in [0.29, 0.717) is 36.3 Å². The third-order valence-corrected chi connectivity index (χ3v) is 8.32. The van der Waals surface area contributed by atoms with Crippen LogP contribution in [0.4, 0.5) is 0 Å². The Kier molecular flexibility index (Phi) is 8.72. The fourth-order valence-electron chi connectivity index (χ4n) is 6.04. The maximum atomic E-state index is 14.2. The predicted molar refractivity (Wildman–Crippen MR) is 170 cm³/mol. The average molecular weight is 588 g/mol. The third kappa shape index (κ3) is 6.22. The van der Waals surface area contributed by atoms with Crippen molar-refractivity contribution in [3.8, 4) is 22.5 Å². The van der Waals surface area contributed by atoms with Gasteiger partial charge in [0, 0.05) is 48.3 Å². The molecule has 6 rings (SSSR count). The Morgan fingerprint density at radius 3 is 2.48 bits per heavy atom. The summed E-state index contributed by atoms with van der Waals surface area (Å²) in [6, 6.07) is 23.9. The van der Waals surface area contributed by atoms with Crippen LogP contribution in [0.15, 0.2) is 77.6 Å². The van der Waals surface area contributed by atoms with E-state index in [9.17, 15) is 9.59 Å².